The van der Waals surface area contributed by atoms with Gasteiger partial charge in [0.05, 0.1) is 6.10 Å². The largest absolute Gasteiger partial charge is 0.481 e. The molecule has 3 aliphatic carbocycles. The van der Waals surface area contributed by atoms with Gasteiger partial charge in [0, 0.05) is 11.8 Å². The summed E-state index contributed by atoms with van der Waals surface area (Å²) in [7, 11) is 0. The molecule has 0 spiro atoms. The molecule has 0 amide bonds. The van der Waals surface area contributed by atoms with Crippen molar-refractivity contribution in [2.75, 3.05) is 0 Å². The predicted molar refractivity (Wildman–Crippen MR) is 178 cm³/mol. The number of carboxylic acids is 1. The summed E-state index contributed by atoms with van der Waals surface area (Å²) in [6.07, 6.45) is 31.8. The van der Waals surface area contributed by atoms with Crippen molar-refractivity contribution in [2.24, 2.45) is 40.4 Å². The quantitative estimate of drug-likeness (QED) is 0.150. The van der Waals surface area contributed by atoms with Gasteiger partial charge in [0.15, 0.2) is 0 Å². The first kappa shape index (κ1) is 34.9. The first-order chi connectivity index (χ1) is 20.0. The molecule has 3 nitrogen and oxygen atoms in total. The highest BCUT2D eigenvalue weighted by molar-refractivity contribution is 5.66. The summed E-state index contributed by atoms with van der Waals surface area (Å²) in [5, 5.41) is 19.4. The van der Waals surface area contributed by atoms with Crippen LogP contribution in [0.5, 0.6) is 0 Å². The lowest BCUT2D eigenvalue weighted by Gasteiger charge is -2.44. The van der Waals surface area contributed by atoms with E-state index in [4.69, 9.17) is 5.11 Å². The van der Waals surface area contributed by atoms with Crippen molar-refractivity contribution in [1.82, 2.24) is 0 Å². The summed E-state index contributed by atoms with van der Waals surface area (Å²) in [6.45, 7) is 14.4. The first-order valence-corrected chi connectivity index (χ1v) is 17.6. The summed E-state index contributed by atoms with van der Waals surface area (Å²) >= 11 is 0. The number of hydrogen-bond donors (Lipinski definition) is 2. The molecule has 2 N–H and O–H groups in total. The molecular weight excluding hydrogens is 516 g/mol. The minimum absolute atomic E-state index is 0.0374. The Bertz CT molecular complexity index is 970. The van der Waals surface area contributed by atoms with E-state index in [2.05, 4.69) is 78.0 Å². The minimum Gasteiger partial charge on any atom is -0.481 e. The summed E-state index contributed by atoms with van der Waals surface area (Å²) in [4.78, 5) is 10.6. The third kappa shape index (κ3) is 9.70. The Morgan fingerprint density at radius 1 is 0.929 bits per heavy atom. The molecule has 0 heterocycles. The lowest BCUT2D eigenvalue weighted by atomic mass is 9.61. The molecule has 0 saturated heterocycles. The van der Waals surface area contributed by atoms with Gasteiger partial charge in [-0.05, 0) is 106 Å². The Balaban J connectivity index is 1.61. The highest BCUT2D eigenvalue weighted by Crippen LogP contribution is 2.59. The Morgan fingerprint density at radius 2 is 1.64 bits per heavy atom. The van der Waals surface area contributed by atoms with Crippen LogP contribution in [-0.2, 0) is 4.79 Å². The molecule has 3 rings (SSSR count). The van der Waals surface area contributed by atoms with Gasteiger partial charge in [-0.2, -0.15) is 0 Å². The zero-order valence-corrected chi connectivity index (χ0v) is 28.0. The van der Waals surface area contributed by atoms with Crippen molar-refractivity contribution >= 4 is 5.97 Å². The average molecular weight is 581 g/mol. The van der Waals surface area contributed by atoms with Crippen LogP contribution in [0.25, 0.3) is 0 Å². The van der Waals surface area contributed by atoms with Crippen LogP contribution < -0.4 is 0 Å². The van der Waals surface area contributed by atoms with Gasteiger partial charge in [-0.1, -0.05) is 115 Å². The standard InChI is InChI=1S/C39H64O3/c1-29(2)30(3)18-19-31(4)35-22-23-36-32(16-15-26-39(35,36)6)20-21-33-28-34(40)24-27-38(33,5)25-14-12-10-8-7-9-11-13-17-37(41)42/h14,18-21,25,29-31,34-36,40H,7-13,15-17,22-24,26-28H2,1-6H3,(H,41,42)/b19-18+,25-14+,32-20+,33-21-/t30-,31+,34-,35+,36-,38?,39+/m0/s1. The van der Waals surface area contributed by atoms with Crippen LogP contribution in [0.2, 0.25) is 0 Å². The zero-order chi connectivity index (χ0) is 30.8. The maximum Gasteiger partial charge on any atom is 0.303 e. The smallest absolute Gasteiger partial charge is 0.303 e. The van der Waals surface area contributed by atoms with Crippen molar-refractivity contribution in [3.63, 3.8) is 0 Å². The number of unbranched alkanes of at least 4 members (excludes halogenated alkanes) is 6. The number of allylic oxidation sites excluding steroid dienone is 7. The number of hydrogen-bond acceptors (Lipinski definition) is 2. The topological polar surface area (TPSA) is 57.5 Å². The Labute approximate surface area is 259 Å². The van der Waals surface area contributed by atoms with Gasteiger partial charge in [0.2, 0.25) is 0 Å². The normalized spacial score (nSPS) is 33.7. The van der Waals surface area contributed by atoms with Crippen molar-refractivity contribution in [3.05, 3.63) is 47.6 Å². The number of aliphatic hydroxyl groups is 1. The fourth-order valence-corrected chi connectivity index (χ4v) is 8.31. The molecule has 0 aromatic heterocycles. The predicted octanol–water partition coefficient (Wildman–Crippen LogP) is 10.9. The zero-order valence-electron chi connectivity index (χ0n) is 28.0. The maximum atomic E-state index is 10.6. The van der Waals surface area contributed by atoms with Crippen LogP contribution in [-0.4, -0.2) is 22.3 Å². The Hall–Kier alpha value is -1.61. The van der Waals surface area contributed by atoms with E-state index in [1.165, 1.54) is 56.9 Å². The van der Waals surface area contributed by atoms with Crippen LogP contribution in [0.15, 0.2) is 47.6 Å². The van der Waals surface area contributed by atoms with Gasteiger partial charge in [0.25, 0.3) is 0 Å². The third-order valence-corrected chi connectivity index (χ3v) is 11.6. The van der Waals surface area contributed by atoms with Gasteiger partial charge in [-0.15, -0.1) is 0 Å². The number of aliphatic carboxylic acids is 1. The lowest BCUT2D eigenvalue weighted by molar-refractivity contribution is -0.137. The summed E-state index contributed by atoms with van der Waals surface area (Å²) in [6, 6.07) is 0. The lowest BCUT2D eigenvalue weighted by Crippen LogP contribution is -2.35. The van der Waals surface area contributed by atoms with Crippen molar-refractivity contribution in [2.45, 2.75) is 150 Å². The molecule has 3 fully saturated rings. The molecule has 1 unspecified atom stereocenters. The SMILES string of the molecule is CC(C)[C@@H](C)/C=C/[C@@H](C)[C@H]1CC[C@H]2/C(=C/C=C3/C[C@@H](O)CCC3(C)/C=C/CCCCCCCCC(=O)O)CCC[C@]12C. The molecular formula is C39H64O3. The molecule has 42 heavy (non-hydrogen) atoms. The molecule has 0 aromatic rings. The van der Waals surface area contributed by atoms with Gasteiger partial charge >= 0.3 is 5.97 Å². The molecule has 3 heteroatoms. The molecule has 238 valence electrons. The number of aliphatic hydroxyl groups excluding tert-OH is 1. The minimum atomic E-state index is -0.678. The average Bonchev–Trinajstić information content (AvgIpc) is 3.30. The van der Waals surface area contributed by atoms with Crippen LogP contribution in [0.4, 0.5) is 0 Å². The Morgan fingerprint density at radius 3 is 2.36 bits per heavy atom. The summed E-state index contributed by atoms with van der Waals surface area (Å²) in [5.74, 6) is 2.77. The number of rotatable bonds is 15. The van der Waals surface area contributed by atoms with Crippen LogP contribution >= 0.6 is 0 Å². The second-order valence-corrected chi connectivity index (χ2v) is 15.1. The number of carbonyl (C=O) groups is 1. The monoisotopic (exact) mass is 580 g/mol. The molecule has 0 aromatic carbocycles. The second-order valence-electron chi connectivity index (χ2n) is 15.1. The second kappa shape index (κ2) is 16.5. The van der Waals surface area contributed by atoms with Crippen LogP contribution in [0.3, 0.4) is 0 Å². The highest BCUT2D eigenvalue weighted by atomic mass is 16.4. The van der Waals surface area contributed by atoms with Crippen molar-refractivity contribution < 1.29 is 15.0 Å². The van der Waals surface area contributed by atoms with E-state index >= 15 is 0 Å². The van der Waals surface area contributed by atoms with Gasteiger partial charge in [0.1, 0.15) is 0 Å². The van der Waals surface area contributed by atoms with E-state index in [-0.39, 0.29) is 11.5 Å². The van der Waals surface area contributed by atoms with E-state index < -0.39 is 5.97 Å². The van der Waals surface area contributed by atoms with E-state index in [1.807, 2.05) is 0 Å². The van der Waals surface area contributed by atoms with Gasteiger partial charge < -0.3 is 10.2 Å². The van der Waals surface area contributed by atoms with E-state index in [0.717, 1.165) is 50.9 Å². The molecule has 0 aliphatic heterocycles. The fourth-order valence-electron chi connectivity index (χ4n) is 8.31. The van der Waals surface area contributed by atoms with E-state index in [9.17, 15) is 9.90 Å². The third-order valence-electron chi connectivity index (χ3n) is 11.6. The molecule has 0 radical (unpaired) electrons. The number of carboxylic acid groups (broad SMARTS) is 1. The highest BCUT2D eigenvalue weighted by Gasteiger charge is 2.50. The molecule has 0 bridgehead atoms. The van der Waals surface area contributed by atoms with Gasteiger partial charge in [-0.3, -0.25) is 4.79 Å². The summed E-state index contributed by atoms with van der Waals surface area (Å²) in [5.41, 5.74) is 3.51. The van der Waals surface area contributed by atoms with Crippen LogP contribution in [0, 0.1) is 40.4 Å². The number of fused-ring (bicyclic) bond motifs is 1. The fraction of sp³-hybridized carbons (Fsp3) is 0.769. The maximum absolute atomic E-state index is 10.6. The molecule has 7 atom stereocenters. The van der Waals surface area contributed by atoms with E-state index in [1.54, 1.807) is 5.57 Å². The van der Waals surface area contributed by atoms with Crippen molar-refractivity contribution in [3.8, 4) is 0 Å². The van der Waals surface area contributed by atoms with Crippen molar-refractivity contribution in [1.29, 1.82) is 0 Å². The van der Waals surface area contributed by atoms with Gasteiger partial charge in [-0.25, -0.2) is 0 Å². The molecule has 3 saturated carbocycles. The van der Waals surface area contributed by atoms with E-state index in [0.29, 0.717) is 35.5 Å². The first-order valence-electron chi connectivity index (χ1n) is 17.6. The van der Waals surface area contributed by atoms with Crippen LogP contribution in [0.1, 0.15) is 144 Å². The Kier molecular flexibility index (Phi) is 13.7. The molecule has 3 aliphatic rings. The summed E-state index contributed by atoms with van der Waals surface area (Å²) < 4.78 is 0.